The Balaban J connectivity index is 1.76. The number of amides is 2. The number of hydrogen-bond acceptors (Lipinski definition) is 4. The summed E-state index contributed by atoms with van der Waals surface area (Å²) >= 11 is 3.33. The average Bonchev–Trinajstić information content (AvgIpc) is 2.78. The molecular formula is C24H30BrN3O3. The normalized spacial score (nSPS) is 17.5. The third kappa shape index (κ3) is 6.87. The molecule has 0 radical (unpaired) electrons. The van der Waals surface area contributed by atoms with Crippen LogP contribution in [-0.4, -0.2) is 34.1 Å². The van der Waals surface area contributed by atoms with E-state index in [4.69, 9.17) is 5.73 Å². The zero-order chi connectivity index (χ0) is 22.2. The van der Waals surface area contributed by atoms with Gasteiger partial charge in [0.15, 0.2) is 0 Å². The van der Waals surface area contributed by atoms with Gasteiger partial charge in [-0.1, -0.05) is 49.6 Å². The van der Waals surface area contributed by atoms with Gasteiger partial charge in [-0.25, -0.2) is 0 Å². The molecule has 0 spiro atoms. The van der Waals surface area contributed by atoms with Crippen LogP contribution in [0, 0.1) is 11.8 Å². The van der Waals surface area contributed by atoms with Crippen LogP contribution in [-0.2, 0) is 11.2 Å². The molecule has 4 N–H and O–H groups in total. The summed E-state index contributed by atoms with van der Waals surface area (Å²) in [5.74, 6) is -0.879. The molecule has 1 aromatic carbocycles. The van der Waals surface area contributed by atoms with Gasteiger partial charge in [-0.3, -0.25) is 14.6 Å². The summed E-state index contributed by atoms with van der Waals surface area (Å²) in [5.41, 5.74) is 7.12. The number of carbonyl (C=O) groups is 2. The fraction of sp³-hybridized carbons (Fsp3) is 0.458. The minimum absolute atomic E-state index is 0.197. The fourth-order valence-corrected chi connectivity index (χ4v) is 4.81. The first kappa shape index (κ1) is 23.4. The Morgan fingerprint density at radius 2 is 1.87 bits per heavy atom. The van der Waals surface area contributed by atoms with E-state index in [9.17, 15) is 14.7 Å². The second kappa shape index (κ2) is 11.4. The molecule has 6 nitrogen and oxygen atoms in total. The van der Waals surface area contributed by atoms with Crippen molar-refractivity contribution < 1.29 is 14.7 Å². The number of pyridine rings is 1. The fourth-order valence-electron chi connectivity index (χ4n) is 4.44. The number of nitrogens with two attached hydrogens (primary N) is 1. The van der Waals surface area contributed by atoms with Gasteiger partial charge < -0.3 is 16.2 Å². The average molecular weight is 488 g/mol. The molecule has 1 aromatic heterocycles. The lowest BCUT2D eigenvalue weighted by Gasteiger charge is -2.32. The van der Waals surface area contributed by atoms with E-state index < -0.39 is 18.1 Å². The highest BCUT2D eigenvalue weighted by Gasteiger charge is 2.33. The van der Waals surface area contributed by atoms with Gasteiger partial charge >= 0.3 is 0 Å². The van der Waals surface area contributed by atoms with Crippen molar-refractivity contribution in [1.29, 1.82) is 0 Å². The number of nitrogens with one attached hydrogen (secondary N) is 1. The molecule has 1 aliphatic rings. The molecule has 31 heavy (non-hydrogen) atoms. The van der Waals surface area contributed by atoms with Crippen molar-refractivity contribution >= 4 is 27.7 Å². The van der Waals surface area contributed by atoms with Gasteiger partial charge in [0.1, 0.15) is 0 Å². The molecule has 0 aliphatic heterocycles. The van der Waals surface area contributed by atoms with Crippen molar-refractivity contribution in [2.45, 2.75) is 57.1 Å². The number of nitrogens with zero attached hydrogens (tertiary/aromatic N) is 1. The van der Waals surface area contributed by atoms with Crippen molar-refractivity contribution in [1.82, 2.24) is 10.3 Å². The van der Waals surface area contributed by atoms with Crippen molar-refractivity contribution in [2.75, 3.05) is 0 Å². The minimum atomic E-state index is -0.899. The van der Waals surface area contributed by atoms with E-state index in [0.717, 1.165) is 31.2 Å². The zero-order valence-corrected chi connectivity index (χ0v) is 19.1. The molecule has 7 heteroatoms. The molecule has 3 atom stereocenters. The number of carbonyl (C=O) groups excluding carboxylic acids is 2. The highest BCUT2D eigenvalue weighted by molar-refractivity contribution is 9.10. The molecule has 1 fully saturated rings. The van der Waals surface area contributed by atoms with Crippen molar-refractivity contribution in [3.8, 4) is 0 Å². The van der Waals surface area contributed by atoms with E-state index in [1.165, 1.54) is 12.6 Å². The monoisotopic (exact) mass is 487 g/mol. The summed E-state index contributed by atoms with van der Waals surface area (Å²) in [6.07, 6.45) is 8.16. The Morgan fingerprint density at radius 1 is 1.16 bits per heavy atom. The van der Waals surface area contributed by atoms with Crippen LogP contribution >= 0.6 is 15.9 Å². The van der Waals surface area contributed by atoms with Crippen LogP contribution in [0.1, 0.15) is 54.4 Å². The summed E-state index contributed by atoms with van der Waals surface area (Å²) in [6.45, 7) is 0. The van der Waals surface area contributed by atoms with Gasteiger partial charge in [-0.05, 0) is 59.2 Å². The summed E-state index contributed by atoms with van der Waals surface area (Å²) in [7, 11) is 0. The van der Waals surface area contributed by atoms with Crippen LogP contribution in [0.5, 0.6) is 0 Å². The van der Waals surface area contributed by atoms with Crippen LogP contribution in [0.2, 0.25) is 0 Å². The molecule has 1 heterocycles. The number of rotatable bonds is 9. The Labute approximate surface area is 191 Å². The van der Waals surface area contributed by atoms with E-state index in [1.807, 2.05) is 30.3 Å². The Morgan fingerprint density at radius 3 is 2.52 bits per heavy atom. The number of benzene rings is 1. The summed E-state index contributed by atoms with van der Waals surface area (Å²) in [5, 5.41) is 14.1. The van der Waals surface area contributed by atoms with Gasteiger partial charge in [-0.2, -0.15) is 0 Å². The standard InChI is InChI=1S/C24H30BrN3O3/c25-19-12-18(14-27-15-19)24(31)28-21(11-16-7-3-1-4-8-16)22(29)13-20(23(26)30)17-9-5-2-6-10-17/h1,3-4,7-8,12,14-15,17,20-22,29H,2,5-6,9-11,13H2,(H2,26,30)(H,28,31). The highest BCUT2D eigenvalue weighted by Crippen LogP contribution is 2.33. The first-order valence-electron chi connectivity index (χ1n) is 10.9. The molecule has 2 aromatic rings. The van der Waals surface area contributed by atoms with E-state index in [0.29, 0.717) is 16.5 Å². The predicted octanol–water partition coefficient (Wildman–Crippen LogP) is 3.62. The van der Waals surface area contributed by atoms with Gasteiger partial charge in [0.05, 0.1) is 17.7 Å². The SMILES string of the molecule is NC(=O)C(CC(O)C(Cc1ccccc1)NC(=O)c1cncc(Br)c1)C1CCCCC1. The van der Waals surface area contributed by atoms with E-state index in [2.05, 4.69) is 26.2 Å². The van der Waals surface area contributed by atoms with Crippen LogP contribution in [0.15, 0.2) is 53.3 Å². The molecule has 2 amide bonds. The largest absolute Gasteiger partial charge is 0.391 e. The predicted molar refractivity (Wildman–Crippen MR) is 123 cm³/mol. The molecule has 166 valence electrons. The van der Waals surface area contributed by atoms with Gasteiger partial charge in [0, 0.05) is 22.8 Å². The van der Waals surface area contributed by atoms with Crippen molar-refractivity contribution in [3.05, 3.63) is 64.4 Å². The van der Waals surface area contributed by atoms with Crippen molar-refractivity contribution in [2.24, 2.45) is 17.6 Å². The topological polar surface area (TPSA) is 105 Å². The number of hydrogen-bond donors (Lipinski definition) is 3. The van der Waals surface area contributed by atoms with E-state index >= 15 is 0 Å². The number of primary amides is 1. The second-order valence-corrected chi connectivity index (χ2v) is 9.29. The van der Waals surface area contributed by atoms with Gasteiger partial charge in [-0.15, -0.1) is 0 Å². The maximum atomic E-state index is 12.8. The molecule has 3 rings (SSSR count). The first-order chi connectivity index (χ1) is 14.9. The Hall–Kier alpha value is -2.25. The van der Waals surface area contributed by atoms with Crippen LogP contribution < -0.4 is 11.1 Å². The second-order valence-electron chi connectivity index (χ2n) is 8.37. The third-order valence-corrected chi connectivity index (χ3v) is 6.56. The summed E-state index contributed by atoms with van der Waals surface area (Å²) in [6, 6.07) is 10.8. The summed E-state index contributed by atoms with van der Waals surface area (Å²) < 4.78 is 0.700. The Kier molecular flexibility index (Phi) is 8.60. The molecule has 0 saturated heterocycles. The molecule has 3 unspecified atom stereocenters. The maximum absolute atomic E-state index is 12.8. The maximum Gasteiger partial charge on any atom is 0.253 e. The molecule has 1 saturated carbocycles. The lowest BCUT2D eigenvalue weighted by Crippen LogP contribution is -2.47. The molecule has 1 aliphatic carbocycles. The summed E-state index contributed by atoms with van der Waals surface area (Å²) in [4.78, 5) is 29.1. The van der Waals surface area contributed by atoms with Crippen LogP contribution in [0.3, 0.4) is 0 Å². The van der Waals surface area contributed by atoms with Crippen LogP contribution in [0.25, 0.3) is 0 Å². The Bertz CT molecular complexity index is 871. The van der Waals surface area contributed by atoms with Crippen LogP contribution in [0.4, 0.5) is 0 Å². The van der Waals surface area contributed by atoms with Gasteiger partial charge in [0.25, 0.3) is 5.91 Å². The van der Waals surface area contributed by atoms with E-state index in [1.54, 1.807) is 12.3 Å². The number of aliphatic hydroxyl groups is 1. The lowest BCUT2D eigenvalue weighted by atomic mass is 9.76. The molecule has 0 bridgehead atoms. The van der Waals surface area contributed by atoms with Crippen molar-refractivity contribution in [3.63, 3.8) is 0 Å². The lowest BCUT2D eigenvalue weighted by molar-refractivity contribution is -0.125. The third-order valence-electron chi connectivity index (χ3n) is 6.13. The number of halogens is 1. The van der Waals surface area contributed by atoms with Gasteiger partial charge in [0.2, 0.25) is 5.91 Å². The number of aliphatic hydroxyl groups excluding tert-OH is 1. The highest BCUT2D eigenvalue weighted by atomic mass is 79.9. The molecular weight excluding hydrogens is 458 g/mol. The first-order valence-corrected chi connectivity index (χ1v) is 11.7. The quantitative estimate of drug-likeness (QED) is 0.502. The van der Waals surface area contributed by atoms with E-state index in [-0.39, 0.29) is 24.2 Å². The minimum Gasteiger partial charge on any atom is -0.391 e. The number of aromatic nitrogens is 1. The zero-order valence-electron chi connectivity index (χ0n) is 17.5. The smallest absolute Gasteiger partial charge is 0.253 e.